The van der Waals surface area contributed by atoms with Gasteiger partial charge in [-0.3, -0.25) is 0 Å². The summed E-state index contributed by atoms with van der Waals surface area (Å²) in [4.78, 5) is 13.7. The third-order valence-electron chi connectivity index (χ3n) is 6.16. The average Bonchev–Trinajstić information content (AvgIpc) is 2.93. The van der Waals surface area contributed by atoms with Crippen LogP contribution in [0.5, 0.6) is 0 Å². The normalized spacial score (nSPS) is 13.9. The molecule has 1 unspecified atom stereocenters. The molecule has 0 spiro atoms. The first-order chi connectivity index (χ1) is 17.0. The Balaban J connectivity index is 1.87. The van der Waals surface area contributed by atoms with E-state index in [1.807, 2.05) is 54.6 Å². The summed E-state index contributed by atoms with van der Waals surface area (Å²) in [6.07, 6.45) is 0.278. The second-order valence-electron chi connectivity index (χ2n) is 8.41. The van der Waals surface area contributed by atoms with E-state index in [9.17, 15) is 15.0 Å². The molecule has 0 aromatic heterocycles. The molecule has 4 aromatic rings. The van der Waals surface area contributed by atoms with E-state index in [1.54, 1.807) is 66.7 Å². The topological polar surface area (TPSA) is 66.8 Å². The van der Waals surface area contributed by atoms with E-state index in [2.05, 4.69) is 6.58 Å². The highest BCUT2D eigenvalue weighted by Crippen LogP contribution is 2.44. The van der Waals surface area contributed by atoms with E-state index in [4.69, 9.17) is 4.74 Å². The molecule has 0 fully saturated rings. The predicted octanol–water partition coefficient (Wildman–Crippen LogP) is 5.67. The molecule has 4 heteroatoms. The molecule has 0 radical (unpaired) electrons. The van der Waals surface area contributed by atoms with Gasteiger partial charge in [0, 0.05) is 6.42 Å². The Morgan fingerprint density at radius 1 is 0.714 bits per heavy atom. The zero-order chi connectivity index (χ0) is 24.7. The molecule has 4 nitrogen and oxygen atoms in total. The van der Waals surface area contributed by atoms with E-state index < -0.39 is 23.3 Å². The van der Waals surface area contributed by atoms with Gasteiger partial charge in [0.1, 0.15) is 0 Å². The number of carbonyl (C=O) groups excluding carboxylic acids is 1. The first kappa shape index (κ1) is 24.1. The fraction of sp³-hybridized carbons (Fsp3) is 0.129. The summed E-state index contributed by atoms with van der Waals surface area (Å²) in [5.41, 5.74) is -1.61. The van der Waals surface area contributed by atoms with Crippen LogP contribution in [-0.4, -0.2) is 16.2 Å². The van der Waals surface area contributed by atoms with Crippen molar-refractivity contribution in [1.29, 1.82) is 0 Å². The minimum Gasteiger partial charge on any atom is -0.451 e. The lowest BCUT2D eigenvalue weighted by atomic mass is 9.78. The number of hydrogen-bond acceptors (Lipinski definition) is 4. The minimum absolute atomic E-state index is 0.0491. The summed E-state index contributed by atoms with van der Waals surface area (Å²) in [6, 6.07) is 35.9. The Morgan fingerprint density at radius 2 is 1.11 bits per heavy atom. The molecule has 0 amide bonds. The summed E-state index contributed by atoms with van der Waals surface area (Å²) in [5, 5.41) is 23.9. The van der Waals surface area contributed by atoms with Gasteiger partial charge in [-0.1, -0.05) is 127 Å². The van der Waals surface area contributed by atoms with Crippen LogP contribution in [0.1, 0.15) is 34.8 Å². The fourth-order valence-electron chi connectivity index (χ4n) is 4.32. The summed E-state index contributed by atoms with van der Waals surface area (Å²) in [6.45, 7) is 3.72. The molecular formula is C31H28O4. The fourth-order valence-corrected chi connectivity index (χ4v) is 4.32. The summed E-state index contributed by atoms with van der Waals surface area (Å²) >= 11 is 0. The minimum atomic E-state index is -1.97. The molecule has 2 atom stereocenters. The maximum Gasteiger partial charge on any atom is 0.343 e. The quantitative estimate of drug-likeness (QED) is 0.247. The molecule has 4 aromatic carbocycles. The van der Waals surface area contributed by atoms with E-state index in [-0.39, 0.29) is 6.42 Å². The van der Waals surface area contributed by atoms with Crippen LogP contribution in [0.3, 0.4) is 0 Å². The zero-order valence-electron chi connectivity index (χ0n) is 19.3. The van der Waals surface area contributed by atoms with Gasteiger partial charge in [0.15, 0.2) is 17.3 Å². The first-order valence-electron chi connectivity index (χ1n) is 11.5. The van der Waals surface area contributed by atoms with Crippen molar-refractivity contribution in [1.82, 2.24) is 0 Å². The van der Waals surface area contributed by atoms with Gasteiger partial charge in [0.2, 0.25) is 0 Å². The standard InChI is InChI=1S/C31H28O4/c1-2-23-30(33,25-17-9-4-10-18-25)29(32)35-28(24-15-7-3-8-16-24)31(34,26-19-11-5-12-20-26)27-21-13-6-14-22-27/h2-22,28,33-34H,1,23H2/t28-,30?/m0/s1. The Hall–Kier alpha value is -3.99. The second-order valence-corrected chi connectivity index (χ2v) is 8.41. The summed E-state index contributed by atoms with van der Waals surface area (Å²) < 4.78 is 6.10. The number of carbonyl (C=O) groups is 1. The molecule has 2 N–H and O–H groups in total. The zero-order valence-corrected chi connectivity index (χ0v) is 19.3. The maximum absolute atomic E-state index is 13.7. The van der Waals surface area contributed by atoms with Crippen LogP contribution in [-0.2, 0) is 20.7 Å². The van der Waals surface area contributed by atoms with Crippen LogP contribution in [0.25, 0.3) is 0 Å². The van der Waals surface area contributed by atoms with Crippen molar-refractivity contribution in [2.75, 3.05) is 0 Å². The van der Waals surface area contributed by atoms with E-state index in [1.165, 1.54) is 6.08 Å². The van der Waals surface area contributed by atoms with Gasteiger partial charge in [-0.2, -0.15) is 0 Å². The van der Waals surface area contributed by atoms with Crippen LogP contribution >= 0.6 is 0 Å². The highest BCUT2D eigenvalue weighted by molar-refractivity contribution is 5.81. The number of ether oxygens (including phenoxy) is 1. The molecule has 176 valence electrons. The molecule has 0 bridgehead atoms. The van der Waals surface area contributed by atoms with Crippen LogP contribution in [0, 0.1) is 0 Å². The molecule has 4 rings (SSSR count). The second kappa shape index (κ2) is 10.5. The number of benzene rings is 4. The maximum atomic E-state index is 13.7. The lowest BCUT2D eigenvalue weighted by Crippen LogP contribution is -2.43. The average molecular weight is 465 g/mol. The van der Waals surface area contributed by atoms with Crippen LogP contribution < -0.4 is 0 Å². The van der Waals surface area contributed by atoms with Crippen LogP contribution in [0.15, 0.2) is 134 Å². The third-order valence-corrected chi connectivity index (χ3v) is 6.16. The number of esters is 1. The molecular weight excluding hydrogens is 436 g/mol. The smallest absolute Gasteiger partial charge is 0.343 e. The molecule has 0 saturated carbocycles. The Labute approximate surface area is 205 Å². The lowest BCUT2D eigenvalue weighted by Gasteiger charge is -2.38. The predicted molar refractivity (Wildman–Crippen MR) is 136 cm³/mol. The number of hydrogen-bond donors (Lipinski definition) is 2. The largest absolute Gasteiger partial charge is 0.451 e. The molecule has 0 aliphatic heterocycles. The third kappa shape index (κ3) is 4.80. The Bertz CT molecular complexity index is 1200. The van der Waals surface area contributed by atoms with Crippen molar-refractivity contribution in [3.63, 3.8) is 0 Å². The van der Waals surface area contributed by atoms with Crippen molar-refractivity contribution < 1.29 is 19.7 Å². The molecule has 35 heavy (non-hydrogen) atoms. The SMILES string of the molecule is C=CCC(O)(C(=O)O[C@@H](c1ccccc1)C(O)(c1ccccc1)c1ccccc1)c1ccccc1. The van der Waals surface area contributed by atoms with Crippen molar-refractivity contribution >= 4 is 5.97 Å². The van der Waals surface area contributed by atoms with Gasteiger partial charge in [0.25, 0.3) is 0 Å². The van der Waals surface area contributed by atoms with Gasteiger partial charge in [-0.25, -0.2) is 4.79 Å². The van der Waals surface area contributed by atoms with Gasteiger partial charge in [-0.15, -0.1) is 6.58 Å². The highest BCUT2D eigenvalue weighted by atomic mass is 16.6. The van der Waals surface area contributed by atoms with Gasteiger partial charge in [-0.05, 0) is 22.3 Å². The lowest BCUT2D eigenvalue weighted by molar-refractivity contribution is -0.185. The van der Waals surface area contributed by atoms with Gasteiger partial charge < -0.3 is 14.9 Å². The van der Waals surface area contributed by atoms with Crippen LogP contribution in [0.4, 0.5) is 0 Å². The monoisotopic (exact) mass is 464 g/mol. The first-order valence-corrected chi connectivity index (χ1v) is 11.5. The summed E-state index contributed by atoms with van der Waals surface area (Å²) in [5.74, 6) is -0.872. The Morgan fingerprint density at radius 3 is 1.54 bits per heavy atom. The molecule has 0 saturated heterocycles. The van der Waals surface area contributed by atoms with Crippen LogP contribution in [0.2, 0.25) is 0 Å². The number of rotatable bonds is 9. The highest BCUT2D eigenvalue weighted by Gasteiger charge is 2.47. The van der Waals surface area contributed by atoms with Gasteiger partial charge in [0.05, 0.1) is 0 Å². The Kier molecular flexibility index (Phi) is 7.25. The van der Waals surface area contributed by atoms with Crippen molar-refractivity contribution in [2.45, 2.75) is 23.7 Å². The van der Waals surface area contributed by atoms with E-state index in [0.29, 0.717) is 22.3 Å². The van der Waals surface area contributed by atoms with Crippen molar-refractivity contribution in [3.05, 3.63) is 156 Å². The summed E-state index contributed by atoms with van der Waals surface area (Å²) in [7, 11) is 0. The molecule has 0 aliphatic carbocycles. The molecule has 0 heterocycles. The van der Waals surface area contributed by atoms with E-state index in [0.717, 1.165) is 0 Å². The number of aliphatic hydroxyl groups is 2. The van der Waals surface area contributed by atoms with E-state index >= 15 is 0 Å². The molecule has 0 aliphatic rings. The van der Waals surface area contributed by atoms with Crippen molar-refractivity contribution in [3.8, 4) is 0 Å². The van der Waals surface area contributed by atoms with Crippen molar-refractivity contribution in [2.24, 2.45) is 0 Å². The van der Waals surface area contributed by atoms with Gasteiger partial charge >= 0.3 is 5.97 Å².